The Hall–Kier alpha value is -2.40. The number of carbonyl (C=O) groups is 1. The van der Waals surface area contributed by atoms with Crippen molar-refractivity contribution >= 4 is 17.7 Å². The van der Waals surface area contributed by atoms with Crippen LogP contribution < -0.4 is 14.8 Å². The molecule has 0 bridgehead atoms. The summed E-state index contributed by atoms with van der Waals surface area (Å²) in [5.74, 6) is 1.88. The number of para-hydroxylation sites is 1. The third-order valence-electron chi connectivity index (χ3n) is 2.79. The lowest BCUT2D eigenvalue weighted by atomic mass is 10.3. The van der Waals surface area contributed by atoms with Gasteiger partial charge < -0.3 is 19.5 Å². The van der Waals surface area contributed by atoms with Crippen LogP contribution in [0.25, 0.3) is 0 Å². The van der Waals surface area contributed by atoms with Gasteiger partial charge in [0.25, 0.3) is 0 Å². The van der Waals surface area contributed by atoms with Crippen molar-refractivity contribution in [3.05, 3.63) is 53.6 Å². The number of nitrogens with one attached hydrogen (secondary N) is 1. The Kier molecular flexibility index (Phi) is 6.56. The maximum absolute atomic E-state index is 11.1. The summed E-state index contributed by atoms with van der Waals surface area (Å²) < 4.78 is 15.9. The predicted molar refractivity (Wildman–Crippen MR) is 88.5 cm³/mol. The minimum Gasteiger partial charge on any atom is -0.490 e. The van der Waals surface area contributed by atoms with Gasteiger partial charge >= 0.3 is 6.09 Å². The Bertz CT molecular complexity index is 634. The number of hydrogen-bond acceptors (Lipinski definition) is 4. The van der Waals surface area contributed by atoms with Crippen LogP contribution in [0, 0.1) is 0 Å². The fourth-order valence-electron chi connectivity index (χ4n) is 1.78. The largest absolute Gasteiger partial charge is 0.490 e. The van der Waals surface area contributed by atoms with Crippen LogP contribution in [0.3, 0.4) is 0 Å². The van der Waals surface area contributed by atoms with Gasteiger partial charge in [0.05, 0.1) is 18.2 Å². The maximum Gasteiger partial charge on any atom is 0.407 e. The molecule has 0 atom stereocenters. The minimum atomic E-state index is -0.464. The molecule has 0 aliphatic carbocycles. The van der Waals surface area contributed by atoms with E-state index >= 15 is 0 Å². The molecule has 0 aliphatic heterocycles. The molecular formula is C17H18ClNO4. The number of benzene rings is 2. The molecule has 0 aliphatic rings. The van der Waals surface area contributed by atoms with Gasteiger partial charge in [-0.05, 0) is 31.2 Å². The summed E-state index contributed by atoms with van der Waals surface area (Å²) >= 11 is 6.17. The van der Waals surface area contributed by atoms with Gasteiger partial charge in [-0.3, -0.25) is 0 Å². The van der Waals surface area contributed by atoms with E-state index < -0.39 is 6.09 Å². The average Bonchev–Trinajstić information content (AvgIpc) is 2.54. The molecule has 2 rings (SSSR count). The second-order valence-electron chi connectivity index (χ2n) is 4.50. The van der Waals surface area contributed by atoms with Crippen molar-refractivity contribution in [3.63, 3.8) is 0 Å². The fraction of sp³-hybridized carbons (Fsp3) is 0.235. The van der Waals surface area contributed by atoms with E-state index in [0.717, 1.165) is 5.75 Å². The van der Waals surface area contributed by atoms with E-state index in [1.54, 1.807) is 25.1 Å². The standard InChI is InChI=1S/C17H18ClNO4/c1-2-21-17(20)19-10-11-22-16-9-8-14(12-15(16)18)23-13-6-4-3-5-7-13/h3-9,12H,2,10-11H2,1H3,(H,19,20). The minimum absolute atomic E-state index is 0.289. The van der Waals surface area contributed by atoms with Crippen LogP contribution >= 0.6 is 11.6 Å². The van der Waals surface area contributed by atoms with Crippen molar-refractivity contribution in [2.75, 3.05) is 19.8 Å². The fourth-order valence-corrected chi connectivity index (χ4v) is 2.01. The molecule has 0 saturated carbocycles. The number of ether oxygens (including phenoxy) is 3. The first-order valence-electron chi connectivity index (χ1n) is 7.25. The zero-order valence-corrected chi connectivity index (χ0v) is 13.5. The summed E-state index contributed by atoms with van der Waals surface area (Å²) in [6, 6.07) is 14.6. The molecule has 2 aromatic carbocycles. The first-order valence-corrected chi connectivity index (χ1v) is 7.62. The first kappa shape index (κ1) is 17.0. The molecule has 0 unspecified atom stereocenters. The van der Waals surface area contributed by atoms with Crippen molar-refractivity contribution in [1.29, 1.82) is 0 Å². The summed E-state index contributed by atoms with van der Waals surface area (Å²) in [5, 5.41) is 3.00. The Morgan fingerprint density at radius 2 is 1.91 bits per heavy atom. The normalized spacial score (nSPS) is 10.0. The second kappa shape index (κ2) is 8.90. The summed E-state index contributed by atoms with van der Waals surface area (Å²) in [6.45, 7) is 2.70. The summed E-state index contributed by atoms with van der Waals surface area (Å²) in [7, 11) is 0. The lowest BCUT2D eigenvalue weighted by molar-refractivity contribution is 0.150. The van der Waals surface area contributed by atoms with Gasteiger partial charge in [-0.2, -0.15) is 0 Å². The highest BCUT2D eigenvalue weighted by atomic mass is 35.5. The lowest BCUT2D eigenvalue weighted by Crippen LogP contribution is -2.28. The third kappa shape index (κ3) is 5.71. The highest BCUT2D eigenvalue weighted by Gasteiger charge is 2.05. The molecule has 0 fully saturated rings. The molecule has 0 spiro atoms. The van der Waals surface area contributed by atoms with Crippen molar-refractivity contribution in [2.45, 2.75) is 6.92 Å². The Balaban J connectivity index is 1.83. The molecule has 5 nitrogen and oxygen atoms in total. The van der Waals surface area contributed by atoms with E-state index in [0.29, 0.717) is 29.7 Å². The number of hydrogen-bond donors (Lipinski definition) is 1. The Morgan fingerprint density at radius 1 is 1.13 bits per heavy atom. The van der Waals surface area contributed by atoms with E-state index in [-0.39, 0.29) is 6.61 Å². The van der Waals surface area contributed by atoms with Crippen LogP contribution in [0.2, 0.25) is 5.02 Å². The van der Waals surface area contributed by atoms with Crippen LogP contribution in [0.1, 0.15) is 6.92 Å². The van der Waals surface area contributed by atoms with Crippen LogP contribution in [0.5, 0.6) is 17.2 Å². The number of amides is 1. The quantitative estimate of drug-likeness (QED) is 0.768. The summed E-state index contributed by atoms with van der Waals surface area (Å²) in [4.78, 5) is 11.1. The Morgan fingerprint density at radius 3 is 2.61 bits per heavy atom. The average molecular weight is 336 g/mol. The van der Waals surface area contributed by atoms with Crippen LogP contribution in [-0.4, -0.2) is 25.9 Å². The van der Waals surface area contributed by atoms with Crippen LogP contribution in [0.15, 0.2) is 48.5 Å². The monoisotopic (exact) mass is 335 g/mol. The molecule has 0 saturated heterocycles. The number of carbonyl (C=O) groups excluding carboxylic acids is 1. The molecular weight excluding hydrogens is 318 g/mol. The first-order chi connectivity index (χ1) is 11.2. The smallest absolute Gasteiger partial charge is 0.407 e. The molecule has 23 heavy (non-hydrogen) atoms. The zero-order valence-electron chi connectivity index (χ0n) is 12.8. The number of alkyl carbamates (subject to hydrolysis) is 1. The van der Waals surface area contributed by atoms with E-state index in [1.807, 2.05) is 30.3 Å². The van der Waals surface area contributed by atoms with E-state index in [9.17, 15) is 4.79 Å². The van der Waals surface area contributed by atoms with Gasteiger partial charge in [0.1, 0.15) is 23.9 Å². The van der Waals surface area contributed by atoms with Crippen molar-refractivity contribution in [1.82, 2.24) is 5.32 Å². The maximum atomic E-state index is 11.1. The predicted octanol–water partition coefficient (Wildman–Crippen LogP) is 4.26. The van der Waals surface area contributed by atoms with Gasteiger partial charge in [0, 0.05) is 6.07 Å². The van der Waals surface area contributed by atoms with E-state index in [1.165, 1.54) is 0 Å². The zero-order chi connectivity index (χ0) is 16.5. The van der Waals surface area contributed by atoms with Crippen molar-refractivity contribution < 1.29 is 19.0 Å². The molecule has 2 aromatic rings. The molecule has 0 heterocycles. The molecule has 1 N–H and O–H groups in total. The van der Waals surface area contributed by atoms with E-state index in [4.69, 9.17) is 25.8 Å². The molecule has 0 radical (unpaired) electrons. The van der Waals surface area contributed by atoms with E-state index in [2.05, 4.69) is 5.32 Å². The second-order valence-corrected chi connectivity index (χ2v) is 4.91. The lowest BCUT2D eigenvalue weighted by Gasteiger charge is -2.11. The van der Waals surface area contributed by atoms with Crippen molar-refractivity contribution in [2.24, 2.45) is 0 Å². The van der Waals surface area contributed by atoms with Gasteiger partial charge in [0.15, 0.2) is 0 Å². The highest BCUT2D eigenvalue weighted by molar-refractivity contribution is 6.32. The third-order valence-corrected chi connectivity index (χ3v) is 3.08. The summed E-state index contributed by atoms with van der Waals surface area (Å²) in [6.07, 6.45) is -0.464. The molecule has 122 valence electrons. The molecule has 1 amide bonds. The topological polar surface area (TPSA) is 56.8 Å². The SMILES string of the molecule is CCOC(=O)NCCOc1ccc(Oc2ccccc2)cc1Cl. The van der Waals surface area contributed by atoms with Crippen LogP contribution in [0.4, 0.5) is 4.79 Å². The summed E-state index contributed by atoms with van der Waals surface area (Å²) in [5.41, 5.74) is 0. The molecule has 6 heteroatoms. The Labute approximate surface area is 140 Å². The van der Waals surface area contributed by atoms with Crippen LogP contribution in [-0.2, 0) is 4.74 Å². The highest BCUT2D eigenvalue weighted by Crippen LogP contribution is 2.31. The molecule has 0 aromatic heterocycles. The van der Waals surface area contributed by atoms with Crippen molar-refractivity contribution in [3.8, 4) is 17.2 Å². The van der Waals surface area contributed by atoms with Gasteiger partial charge in [-0.1, -0.05) is 29.8 Å². The van der Waals surface area contributed by atoms with Gasteiger partial charge in [0.2, 0.25) is 0 Å². The number of rotatable bonds is 7. The van der Waals surface area contributed by atoms with Gasteiger partial charge in [-0.25, -0.2) is 4.79 Å². The van der Waals surface area contributed by atoms with Gasteiger partial charge in [-0.15, -0.1) is 0 Å². The number of halogens is 1.